The molecule has 1 atom stereocenters. The molecule has 1 heterocycles. The fraction of sp³-hybridized carbons (Fsp3) is 0.111. The summed E-state index contributed by atoms with van der Waals surface area (Å²) in [5, 5.41) is 9.10. The highest BCUT2D eigenvalue weighted by Gasteiger charge is 2.15. The predicted octanol–water partition coefficient (Wildman–Crippen LogP) is 3.75. The van der Waals surface area contributed by atoms with Crippen LogP contribution in [0.3, 0.4) is 0 Å². The molecule has 2 aromatic carbocycles. The highest BCUT2D eigenvalue weighted by atomic mass is 35.5. The number of benzene rings is 2. The maximum absolute atomic E-state index is 11.5. The molecule has 2 N–H and O–H groups in total. The second kappa shape index (κ2) is 10.6. The highest BCUT2D eigenvalue weighted by Crippen LogP contribution is 2.35. The number of aromatic nitrogens is 3. The molecule has 0 aliphatic carbocycles. The maximum Gasteiger partial charge on any atom is 0.224 e. The second-order valence-electron chi connectivity index (χ2n) is 5.12. The Labute approximate surface area is 174 Å². The monoisotopic (exact) mass is 435 g/mol. The molecule has 0 saturated carbocycles. The number of nitrogen functional groups attached to an aromatic ring is 1. The smallest absolute Gasteiger partial charge is 0.224 e. The number of nitriles is 1. The third-order valence-corrected chi connectivity index (χ3v) is 4.42. The Balaban J connectivity index is 0.000000397. The average Bonchev–Trinajstić information content (AvgIpc) is 2.68. The van der Waals surface area contributed by atoms with Crippen LogP contribution in [0.4, 0.5) is 5.95 Å². The molecular weight excluding hydrogens is 421 g/mol. The molecular formula is C18H15Cl2N5O2S. The highest BCUT2D eigenvalue weighted by molar-refractivity contribution is 7.84. The number of rotatable bonds is 4. The fourth-order valence-electron chi connectivity index (χ4n) is 1.93. The summed E-state index contributed by atoms with van der Waals surface area (Å²) in [4.78, 5) is 11.8. The normalized spacial score (nSPS) is 10.9. The van der Waals surface area contributed by atoms with Gasteiger partial charge in [0.25, 0.3) is 0 Å². The molecule has 1 unspecified atom stereocenters. The molecule has 7 nitrogen and oxygen atoms in total. The molecule has 28 heavy (non-hydrogen) atoms. The van der Waals surface area contributed by atoms with Crippen LogP contribution in [0.2, 0.25) is 10.0 Å². The van der Waals surface area contributed by atoms with Gasteiger partial charge in [0.1, 0.15) is 11.8 Å². The first-order valence-electron chi connectivity index (χ1n) is 7.76. The van der Waals surface area contributed by atoms with Gasteiger partial charge in [-0.05, 0) is 12.1 Å². The summed E-state index contributed by atoms with van der Waals surface area (Å²) in [6.45, 7) is -0.176. The summed E-state index contributed by atoms with van der Waals surface area (Å²) in [6.07, 6.45) is 1.42. The van der Waals surface area contributed by atoms with Crippen molar-refractivity contribution in [2.24, 2.45) is 0 Å². The van der Waals surface area contributed by atoms with E-state index in [1.165, 1.54) is 18.4 Å². The van der Waals surface area contributed by atoms with Crippen molar-refractivity contribution in [3.63, 3.8) is 0 Å². The van der Waals surface area contributed by atoms with E-state index in [9.17, 15) is 4.21 Å². The first-order chi connectivity index (χ1) is 13.4. The number of hydrogen-bond acceptors (Lipinski definition) is 7. The number of ether oxygens (including phenoxy) is 1. The topological polar surface area (TPSA) is 115 Å². The minimum Gasteiger partial charge on any atom is -0.477 e. The standard InChI is InChI=1S/C12H9Cl2N5O2S.C6H6/c1-22(20)12-18-10(17-11(16)19-12)6-4-9(21-3-2-15)8(14)5-7(6)13;1-2-4-6-5-3-1/h4-5H,3H2,1H3,(H2,16,17,18,19);1-6H. The van der Waals surface area contributed by atoms with Crippen LogP contribution >= 0.6 is 23.2 Å². The van der Waals surface area contributed by atoms with E-state index in [0.717, 1.165) is 0 Å². The second-order valence-corrected chi connectivity index (χ2v) is 7.21. The zero-order valence-electron chi connectivity index (χ0n) is 14.7. The summed E-state index contributed by atoms with van der Waals surface area (Å²) in [6, 6.07) is 16.8. The van der Waals surface area contributed by atoms with Gasteiger partial charge in [-0.25, -0.2) is 4.98 Å². The Hall–Kier alpha value is -2.73. The van der Waals surface area contributed by atoms with Crippen LogP contribution in [0.1, 0.15) is 0 Å². The van der Waals surface area contributed by atoms with Crippen molar-refractivity contribution in [1.29, 1.82) is 5.26 Å². The minimum atomic E-state index is -1.43. The largest absolute Gasteiger partial charge is 0.477 e. The maximum atomic E-state index is 11.5. The Morgan fingerprint density at radius 2 is 1.68 bits per heavy atom. The molecule has 0 saturated heterocycles. The van der Waals surface area contributed by atoms with E-state index in [0.29, 0.717) is 5.56 Å². The molecule has 0 fully saturated rings. The van der Waals surface area contributed by atoms with Gasteiger partial charge in [-0.3, -0.25) is 4.21 Å². The molecule has 0 spiro atoms. The van der Waals surface area contributed by atoms with E-state index in [2.05, 4.69) is 15.0 Å². The van der Waals surface area contributed by atoms with Crippen LogP contribution in [0.25, 0.3) is 11.4 Å². The molecule has 0 amide bonds. The lowest BCUT2D eigenvalue weighted by Crippen LogP contribution is -2.06. The third kappa shape index (κ3) is 6.16. The van der Waals surface area contributed by atoms with E-state index >= 15 is 0 Å². The van der Waals surface area contributed by atoms with Crippen molar-refractivity contribution in [1.82, 2.24) is 15.0 Å². The summed E-state index contributed by atoms with van der Waals surface area (Å²) in [7, 11) is -1.43. The third-order valence-electron chi connectivity index (χ3n) is 3.11. The van der Waals surface area contributed by atoms with Gasteiger partial charge in [0.05, 0.1) is 20.8 Å². The van der Waals surface area contributed by atoms with Crippen LogP contribution in [0.5, 0.6) is 5.75 Å². The van der Waals surface area contributed by atoms with Crippen LogP contribution in [0, 0.1) is 11.3 Å². The molecule has 0 aliphatic heterocycles. The molecule has 1 aromatic heterocycles. The van der Waals surface area contributed by atoms with E-state index in [1.54, 1.807) is 0 Å². The van der Waals surface area contributed by atoms with Crippen LogP contribution in [-0.4, -0.2) is 32.0 Å². The fourth-order valence-corrected chi connectivity index (χ4v) is 2.89. The van der Waals surface area contributed by atoms with E-state index < -0.39 is 10.8 Å². The number of nitrogens with two attached hydrogens (primary N) is 1. The molecule has 0 radical (unpaired) electrons. The summed E-state index contributed by atoms with van der Waals surface area (Å²) < 4.78 is 16.7. The van der Waals surface area contributed by atoms with Gasteiger partial charge < -0.3 is 10.5 Å². The first-order valence-corrected chi connectivity index (χ1v) is 10.1. The van der Waals surface area contributed by atoms with Gasteiger partial charge in [0.15, 0.2) is 12.4 Å². The van der Waals surface area contributed by atoms with Crippen molar-refractivity contribution in [2.45, 2.75) is 5.16 Å². The summed E-state index contributed by atoms with van der Waals surface area (Å²) in [5.74, 6) is 0.308. The lowest BCUT2D eigenvalue weighted by atomic mass is 10.2. The van der Waals surface area contributed by atoms with Gasteiger partial charge >= 0.3 is 0 Å². The number of anilines is 1. The van der Waals surface area contributed by atoms with Crippen molar-refractivity contribution < 1.29 is 8.95 Å². The lowest BCUT2D eigenvalue weighted by molar-refractivity contribution is 0.368. The van der Waals surface area contributed by atoms with Gasteiger partial charge in [-0.1, -0.05) is 59.6 Å². The average molecular weight is 436 g/mol. The predicted molar refractivity (Wildman–Crippen MR) is 110 cm³/mol. The van der Waals surface area contributed by atoms with Gasteiger partial charge in [-0.2, -0.15) is 15.2 Å². The van der Waals surface area contributed by atoms with Gasteiger partial charge in [-0.15, -0.1) is 0 Å². The van der Waals surface area contributed by atoms with E-state index in [4.69, 9.17) is 38.9 Å². The Morgan fingerprint density at radius 1 is 1.07 bits per heavy atom. The van der Waals surface area contributed by atoms with Crippen LogP contribution < -0.4 is 10.5 Å². The number of halogens is 2. The van der Waals surface area contributed by atoms with Crippen molar-refractivity contribution in [3.8, 4) is 23.2 Å². The molecule has 0 bridgehead atoms. The molecule has 3 rings (SSSR count). The van der Waals surface area contributed by atoms with E-state index in [-0.39, 0.29) is 39.3 Å². The quantitative estimate of drug-likeness (QED) is 0.662. The Kier molecular flexibility index (Phi) is 8.14. The number of nitrogens with zero attached hydrogens (tertiary/aromatic N) is 4. The lowest BCUT2D eigenvalue weighted by Gasteiger charge is -2.09. The van der Waals surface area contributed by atoms with Crippen molar-refractivity contribution >= 4 is 39.9 Å². The zero-order chi connectivity index (χ0) is 20.5. The summed E-state index contributed by atoms with van der Waals surface area (Å²) >= 11 is 12.1. The molecule has 10 heteroatoms. The zero-order valence-corrected chi connectivity index (χ0v) is 17.0. The SMILES string of the molecule is CS(=O)c1nc(N)nc(-c2cc(OCC#N)c(Cl)cc2Cl)n1.c1ccccc1. The van der Waals surface area contributed by atoms with Crippen LogP contribution in [-0.2, 0) is 10.8 Å². The van der Waals surface area contributed by atoms with Crippen LogP contribution in [0.15, 0.2) is 53.7 Å². The Morgan fingerprint density at radius 3 is 2.21 bits per heavy atom. The van der Waals surface area contributed by atoms with E-state index in [1.807, 2.05) is 42.5 Å². The van der Waals surface area contributed by atoms with Crippen molar-refractivity contribution in [2.75, 3.05) is 18.6 Å². The van der Waals surface area contributed by atoms with Gasteiger partial charge in [0.2, 0.25) is 11.1 Å². The molecule has 144 valence electrons. The van der Waals surface area contributed by atoms with Gasteiger partial charge in [0, 0.05) is 11.8 Å². The van der Waals surface area contributed by atoms with Crippen molar-refractivity contribution in [3.05, 3.63) is 58.6 Å². The minimum absolute atomic E-state index is 0.0352. The summed E-state index contributed by atoms with van der Waals surface area (Å²) in [5.41, 5.74) is 5.97. The molecule has 3 aromatic rings. The Bertz CT molecular complexity index is 986. The number of hydrogen-bond donors (Lipinski definition) is 1. The first kappa shape index (κ1) is 21.6. The molecule has 0 aliphatic rings.